The minimum Gasteiger partial charge on any atom is -0.493 e. The third-order valence-electron chi connectivity index (χ3n) is 2.71. The second kappa shape index (κ2) is 7.61. The van der Waals surface area contributed by atoms with Gasteiger partial charge in [-0.1, -0.05) is 0 Å². The van der Waals surface area contributed by atoms with Gasteiger partial charge in [-0.05, 0) is 48.9 Å². The van der Waals surface area contributed by atoms with Crippen LogP contribution in [0.25, 0.3) is 0 Å². The fourth-order valence-corrected chi connectivity index (χ4v) is 2.35. The predicted octanol–water partition coefficient (Wildman–Crippen LogP) is 3.31. The van der Waals surface area contributed by atoms with Crippen LogP contribution < -0.4 is 14.9 Å². The van der Waals surface area contributed by atoms with Gasteiger partial charge in [0, 0.05) is 11.1 Å². The maximum absolute atomic E-state index is 12.1. The monoisotopic (exact) mass is 318 g/mol. The molecule has 0 saturated heterocycles. The van der Waals surface area contributed by atoms with Gasteiger partial charge in [0.25, 0.3) is 5.91 Å². The van der Waals surface area contributed by atoms with Crippen molar-refractivity contribution in [2.45, 2.75) is 20.0 Å². The van der Waals surface area contributed by atoms with Gasteiger partial charge in [0.1, 0.15) is 0 Å². The molecule has 116 valence electrons. The molecule has 1 N–H and O–H groups in total. The molecule has 0 bridgehead atoms. The maximum Gasteiger partial charge on any atom is 0.271 e. The second-order valence-electron chi connectivity index (χ2n) is 4.79. The van der Waals surface area contributed by atoms with E-state index in [4.69, 9.17) is 9.47 Å². The molecule has 0 aliphatic rings. The van der Waals surface area contributed by atoms with Gasteiger partial charge in [-0.25, -0.2) is 5.43 Å². The van der Waals surface area contributed by atoms with E-state index in [1.807, 2.05) is 30.7 Å². The van der Waals surface area contributed by atoms with Crippen LogP contribution in [0.3, 0.4) is 0 Å². The zero-order valence-electron chi connectivity index (χ0n) is 12.7. The summed E-state index contributed by atoms with van der Waals surface area (Å²) in [5.74, 6) is 0.819. The van der Waals surface area contributed by atoms with E-state index in [1.54, 1.807) is 42.9 Å². The minimum absolute atomic E-state index is 0.0313. The summed E-state index contributed by atoms with van der Waals surface area (Å²) in [6.45, 7) is 3.86. The van der Waals surface area contributed by atoms with Gasteiger partial charge in [-0.3, -0.25) is 4.79 Å². The number of rotatable bonds is 6. The molecule has 0 radical (unpaired) electrons. The Kier molecular flexibility index (Phi) is 5.55. The molecule has 0 aliphatic carbocycles. The van der Waals surface area contributed by atoms with Gasteiger partial charge in [0.05, 0.1) is 19.4 Å². The first-order valence-electron chi connectivity index (χ1n) is 6.80. The van der Waals surface area contributed by atoms with E-state index < -0.39 is 0 Å². The molecule has 0 fully saturated rings. The number of carbonyl (C=O) groups is 1. The molecule has 1 heterocycles. The van der Waals surface area contributed by atoms with E-state index in [0.717, 1.165) is 5.56 Å². The Labute approximate surface area is 133 Å². The van der Waals surface area contributed by atoms with Crippen molar-refractivity contribution in [1.82, 2.24) is 5.43 Å². The molecule has 0 aliphatic heterocycles. The van der Waals surface area contributed by atoms with Crippen molar-refractivity contribution in [2.75, 3.05) is 7.11 Å². The average Bonchev–Trinajstić information content (AvgIpc) is 3.00. The number of carbonyl (C=O) groups excluding carboxylic acids is 1. The fourth-order valence-electron chi connectivity index (χ4n) is 1.74. The van der Waals surface area contributed by atoms with Gasteiger partial charge in [-0.15, -0.1) is 0 Å². The summed E-state index contributed by atoms with van der Waals surface area (Å²) in [7, 11) is 1.54. The predicted molar refractivity (Wildman–Crippen MR) is 88.1 cm³/mol. The van der Waals surface area contributed by atoms with E-state index in [2.05, 4.69) is 10.5 Å². The summed E-state index contributed by atoms with van der Waals surface area (Å²) in [6, 6.07) is 6.95. The number of hydrazone groups is 1. The zero-order valence-corrected chi connectivity index (χ0v) is 13.5. The molecule has 6 heteroatoms. The molecule has 1 amide bonds. The summed E-state index contributed by atoms with van der Waals surface area (Å²) in [4.78, 5) is 12.1. The average molecular weight is 318 g/mol. The van der Waals surface area contributed by atoms with Crippen molar-refractivity contribution in [1.29, 1.82) is 0 Å². The highest BCUT2D eigenvalue weighted by Gasteiger charge is 2.11. The largest absolute Gasteiger partial charge is 0.493 e. The van der Waals surface area contributed by atoms with E-state index >= 15 is 0 Å². The highest BCUT2D eigenvalue weighted by Crippen LogP contribution is 2.28. The van der Waals surface area contributed by atoms with Gasteiger partial charge >= 0.3 is 0 Å². The fraction of sp³-hybridized carbons (Fsp3) is 0.250. The van der Waals surface area contributed by atoms with Crippen LogP contribution in [0.2, 0.25) is 0 Å². The molecular formula is C16H18N2O3S. The first-order valence-corrected chi connectivity index (χ1v) is 7.74. The number of hydrogen-bond acceptors (Lipinski definition) is 5. The third-order valence-corrected chi connectivity index (χ3v) is 3.41. The first-order chi connectivity index (χ1) is 10.6. The number of ether oxygens (including phenoxy) is 2. The Bertz CT molecular complexity index is 651. The van der Waals surface area contributed by atoms with Gasteiger partial charge in [0.2, 0.25) is 0 Å². The molecule has 22 heavy (non-hydrogen) atoms. The summed E-state index contributed by atoms with van der Waals surface area (Å²) in [5, 5.41) is 7.81. The Balaban J connectivity index is 2.06. The summed E-state index contributed by atoms with van der Waals surface area (Å²) in [6.07, 6.45) is 1.63. The zero-order chi connectivity index (χ0) is 15.9. The number of amides is 1. The maximum atomic E-state index is 12.1. The van der Waals surface area contributed by atoms with Crippen LogP contribution in [-0.2, 0) is 0 Å². The lowest BCUT2D eigenvalue weighted by atomic mass is 10.2. The standard InChI is InChI=1S/C16H18N2O3S/c1-11(2)21-14-5-4-13(8-15(14)20-3)16(19)18-17-9-12-6-7-22-10-12/h4-11H,1-3H3,(H,18,19)/b17-9-. The van der Waals surface area contributed by atoms with Crippen LogP contribution >= 0.6 is 11.3 Å². The van der Waals surface area contributed by atoms with E-state index in [9.17, 15) is 4.79 Å². The van der Waals surface area contributed by atoms with Crippen LogP contribution in [0.5, 0.6) is 11.5 Å². The summed E-state index contributed by atoms with van der Waals surface area (Å²) >= 11 is 1.57. The number of nitrogens with one attached hydrogen (secondary N) is 1. The Morgan fingerprint density at radius 1 is 1.32 bits per heavy atom. The second-order valence-corrected chi connectivity index (χ2v) is 5.57. The number of thiophene rings is 1. The first kappa shape index (κ1) is 16.0. The number of methoxy groups -OCH3 is 1. The van der Waals surface area contributed by atoms with Crippen molar-refractivity contribution in [2.24, 2.45) is 5.10 Å². The van der Waals surface area contributed by atoms with Crippen LogP contribution in [0.1, 0.15) is 29.8 Å². The van der Waals surface area contributed by atoms with Crippen molar-refractivity contribution < 1.29 is 14.3 Å². The Morgan fingerprint density at radius 3 is 2.77 bits per heavy atom. The summed E-state index contributed by atoms with van der Waals surface area (Å²) in [5.41, 5.74) is 3.89. The molecule has 0 unspecified atom stereocenters. The third kappa shape index (κ3) is 4.33. The topological polar surface area (TPSA) is 59.9 Å². The molecule has 1 aromatic heterocycles. The van der Waals surface area contributed by atoms with Crippen LogP contribution in [0.4, 0.5) is 0 Å². The van der Waals surface area contributed by atoms with Gasteiger partial charge in [-0.2, -0.15) is 16.4 Å². The van der Waals surface area contributed by atoms with Crippen molar-refractivity contribution in [3.63, 3.8) is 0 Å². The smallest absolute Gasteiger partial charge is 0.271 e. The van der Waals surface area contributed by atoms with Gasteiger partial charge < -0.3 is 9.47 Å². The molecular weight excluding hydrogens is 300 g/mol. The van der Waals surface area contributed by atoms with Crippen LogP contribution in [0.15, 0.2) is 40.1 Å². The van der Waals surface area contributed by atoms with E-state index in [0.29, 0.717) is 17.1 Å². The van der Waals surface area contributed by atoms with Gasteiger partial charge in [0.15, 0.2) is 11.5 Å². The Morgan fingerprint density at radius 2 is 2.14 bits per heavy atom. The quantitative estimate of drug-likeness (QED) is 0.656. The van der Waals surface area contributed by atoms with E-state index in [-0.39, 0.29) is 12.0 Å². The van der Waals surface area contributed by atoms with Crippen LogP contribution in [0, 0.1) is 0 Å². The molecule has 1 aromatic carbocycles. The lowest BCUT2D eigenvalue weighted by molar-refractivity contribution is 0.0954. The normalized spacial score (nSPS) is 10.9. The lowest BCUT2D eigenvalue weighted by Gasteiger charge is -2.14. The number of benzene rings is 1. The van der Waals surface area contributed by atoms with Crippen molar-refractivity contribution >= 4 is 23.5 Å². The molecule has 0 atom stereocenters. The summed E-state index contributed by atoms with van der Waals surface area (Å²) < 4.78 is 10.9. The molecule has 2 aromatic rings. The Hall–Kier alpha value is -2.34. The SMILES string of the molecule is COc1cc(C(=O)N/N=C\c2ccsc2)ccc1OC(C)C. The van der Waals surface area contributed by atoms with Crippen LogP contribution in [-0.4, -0.2) is 25.3 Å². The highest BCUT2D eigenvalue weighted by atomic mass is 32.1. The minimum atomic E-state index is -0.305. The van der Waals surface area contributed by atoms with Crippen molar-refractivity contribution in [3.8, 4) is 11.5 Å². The van der Waals surface area contributed by atoms with E-state index in [1.165, 1.54) is 0 Å². The number of nitrogens with zero attached hydrogens (tertiary/aromatic N) is 1. The highest BCUT2D eigenvalue weighted by molar-refractivity contribution is 7.08. The number of hydrogen-bond donors (Lipinski definition) is 1. The molecule has 5 nitrogen and oxygen atoms in total. The molecule has 0 spiro atoms. The molecule has 2 rings (SSSR count). The lowest BCUT2D eigenvalue weighted by Crippen LogP contribution is -2.17. The van der Waals surface area contributed by atoms with Crippen molar-refractivity contribution in [3.05, 3.63) is 46.2 Å². The molecule has 0 saturated carbocycles.